The highest BCUT2D eigenvalue weighted by molar-refractivity contribution is 9.10. The van der Waals surface area contributed by atoms with Gasteiger partial charge in [-0.15, -0.1) is 0 Å². The highest BCUT2D eigenvalue weighted by Gasteiger charge is 2.21. The second kappa shape index (κ2) is 4.90. The van der Waals surface area contributed by atoms with Gasteiger partial charge < -0.3 is 9.64 Å². The Balaban J connectivity index is 2.31. The number of ether oxygens (including phenoxy) is 1. The molecule has 1 fully saturated rings. The third-order valence-electron chi connectivity index (χ3n) is 2.69. The minimum atomic E-state index is -0.0369. The average Bonchev–Trinajstić information content (AvgIpc) is 2.28. The van der Waals surface area contributed by atoms with E-state index in [9.17, 15) is 0 Å². The lowest BCUT2D eigenvalue weighted by Crippen LogP contribution is -2.37. The van der Waals surface area contributed by atoms with E-state index in [-0.39, 0.29) is 5.41 Å². The number of nitrogens with zero attached hydrogens (tertiary/aromatic N) is 3. The molecular weight excluding hydrogens is 282 g/mol. The van der Waals surface area contributed by atoms with E-state index in [0.29, 0.717) is 0 Å². The van der Waals surface area contributed by atoms with Gasteiger partial charge in [-0.25, -0.2) is 9.97 Å². The van der Waals surface area contributed by atoms with Gasteiger partial charge in [0.15, 0.2) is 0 Å². The predicted molar refractivity (Wildman–Crippen MR) is 71.5 cm³/mol. The normalized spacial score (nSPS) is 17.3. The van der Waals surface area contributed by atoms with E-state index >= 15 is 0 Å². The summed E-state index contributed by atoms with van der Waals surface area (Å²) in [5.41, 5.74) is -0.0369. The van der Waals surface area contributed by atoms with Gasteiger partial charge in [0.05, 0.1) is 13.2 Å². The molecule has 17 heavy (non-hydrogen) atoms. The van der Waals surface area contributed by atoms with Gasteiger partial charge in [-0.2, -0.15) is 0 Å². The molecule has 4 nitrogen and oxygen atoms in total. The van der Waals surface area contributed by atoms with Crippen LogP contribution in [-0.2, 0) is 10.2 Å². The van der Waals surface area contributed by atoms with E-state index in [2.05, 4.69) is 51.6 Å². The van der Waals surface area contributed by atoms with Gasteiger partial charge >= 0.3 is 0 Å². The number of hydrogen-bond acceptors (Lipinski definition) is 4. The molecule has 2 rings (SSSR count). The van der Waals surface area contributed by atoms with E-state index in [1.54, 1.807) is 0 Å². The van der Waals surface area contributed by atoms with Gasteiger partial charge in [-0.05, 0) is 15.9 Å². The Bertz CT molecular complexity index is 397. The van der Waals surface area contributed by atoms with Crippen molar-refractivity contribution >= 4 is 21.7 Å². The highest BCUT2D eigenvalue weighted by atomic mass is 79.9. The van der Waals surface area contributed by atoms with Crippen molar-refractivity contribution in [2.75, 3.05) is 31.2 Å². The molecule has 1 aromatic heterocycles. The van der Waals surface area contributed by atoms with Crippen LogP contribution in [0.15, 0.2) is 10.7 Å². The summed E-state index contributed by atoms with van der Waals surface area (Å²) in [4.78, 5) is 11.3. The highest BCUT2D eigenvalue weighted by Crippen LogP contribution is 2.24. The van der Waals surface area contributed by atoms with Gasteiger partial charge in [0, 0.05) is 24.6 Å². The SMILES string of the molecule is CC(C)(C)c1nc(Br)cc(N2CCOCC2)n1. The van der Waals surface area contributed by atoms with Crippen molar-refractivity contribution in [3.05, 3.63) is 16.5 Å². The van der Waals surface area contributed by atoms with Crippen LogP contribution in [-0.4, -0.2) is 36.3 Å². The molecule has 1 aromatic rings. The molecule has 0 saturated carbocycles. The molecule has 0 atom stereocenters. The molecule has 2 heterocycles. The van der Waals surface area contributed by atoms with Crippen molar-refractivity contribution in [3.8, 4) is 0 Å². The summed E-state index contributed by atoms with van der Waals surface area (Å²) in [6.45, 7) is 9.70. The van der Waals surface area contributed by atoms with Gasteiger partial charge in [-0.1, -0.05) is 20.8 Å². The summed E-state index contributed by atoms with van der Waals surface area (Å²) < 4.78 is 6.20. The quantitative estimate of drug-likeness (QED) is 0.746. The maximum absolute atomic E-state index is 5.35. The van der Waals surface area contributed by atoms with Crippen LogP contribution in [0.5, 0.6) is 0 Å². The Kier molecular flexibility index (Phi) is 3.68. The van der Waals surface area contributed by atoms with Crippen LogP contribution in [0.3, 0.4) is 0 Å². The maximum Gasteiger partial charge on any atom is 0.137 e. The lowest BCUT2D eigenvalue weighted by Gasteiger charge is -2.29. The molecule has 0 spiro atoms. The standard InChI is InChI=1S/C12H18BrN3O/c1-12(2,3)11-14-9(13)8-10(15-11)16-4-6-17-7-5-16/h8H,4-7H2,1-3H3. The lowest BCUT2D eigenvalue weighted by atomic mass is 9.96. The van der Waals surface area contributed by atoms with E-state index in [0.717, 1.165) is 42.5 Å². The number of anilines is 1. The molecule has 0 N–H and O–H groups in total. The minimum absolute atomic E-state index is 0.0369. The maximum atomic E-state index is 5.35. The average molecular weight is 300 g/mol. The Hall–Kier alpha value is -0.680. The van der Waals surface area contributed by atoms with Crippen molar-refractivity contribution in [2.45, 2.75) is 26.2 Å². The fourth-order valence-electron chi connectivity index (χ4n) is 1.70. The molecule has 0 bridgehead atoms. The predicted octanol–water partition coefficient (Wildman–Crippen LogP) is 2.37. The molecule has 0 radical (unpaired) electrons. The van der Waals surface area contributed by atoms with E-state index in [1.807, 2.05) is 6.07 Å². The first-order chi connectivity index (χ1) is 7.97. The summed E-state index contributed by atoms with van der Waals surface area (Å²) in [5, 5.41) is 0. The summed E-state index contributed by atoms with van der Waals surface area (Å²) in [6, 6.07) is 1.97. The molecule has 0 aliphatic carbocycles. The third kappa shape index (κ3) is 3.16. The van der Waals surface area contributed by atoms with Crippen LogP contribution in [0, 0.1) is 0 Å². The van der Waals surface area contributed by atoms with Gasteiger partial charge in [0.2, 0.25) is 0 Å². The molecule has 1 aliphatic heterocycles. The largest absolute Gasteiger partial charge is 0.378 e. The lowest BCUT2D eigenvalue weighted by molar-refractivity contribution is 0.122. The Morgan fingerprint density at radius 3 is 2.47 bits per heavy atom. The van der Waals surface area contributed by atoms with Gasteiger partial charge in [0.1, 0.15) is 16.2 Å². The molecule has 94 valence electrons. The summed E-state index contributed by atoms with van der Waals surface area (Å²) in [7, 11) is 0. The van der Waals surface area contributed by atoms with Crippen LogP contribution in [0.2, 0.25) is 0 Å². The van der Waals surface area contributed by atoms with Crippen LogP contribution in [0.1, 0.15) is 26.6 Å². The zero-order chi connectivity index (χ0) is 12.5. The monoisotopic (exact) mass is 299 g/mol. The topological polar surface area (TPSA) is 38.2 Å². The van der Waals surface area contributed by atoms with Crippen molar-refractivity contribution in [3.63, 3.8) is 0 Å². The Morgan fingerprint density at radius 2 is 1.88 bits per heavy atom. The van der Waals surface area contributed by atoms with Gasteiger partial charge in [-0.3, -0.25) is 0 Å². The van der Waals surface area contributed by atoms with Crippen LogP contribution >= 0.6 is 15.9 Å². The summed E-state index contributed by atoms with van der Waals surface area (Å²) in [6.07, 6.45) is 0. The summed E-state index contributed by atoms with van der Waals surface area (Å²) in [5.74, 6) is 1.86. The number of morpholine rings is 1. The molecule has 0 unspecified atom stereocenters. The second-order valence-electron chi connectivity index (χ2n) is 5.22. The van der Waals surface area contributed by atoms with E-state index in [4.69, 9.17) is 4.74 Å². The van der Waals surface area contributed by atoms with Crippen LogP contribution in [0.25, 0.3) is 0 Å². The molecule has 1 saturated heterocycles. The fraction of sp³-hybridized carbons (Fsp3) is 0.667. The zero-order valence-corrected chi connectivity index (χ0v) is 12.1. The van der Waals surface area contributed by atoms with E-state index in [1.165, 1.54) is 0 Å². The fourth-order valence-corrected chi connectivity index (χ4v) is 2.07. The zero-order valence-electron chi connectivity index (χ0n) is 10.5. The number of halogens is 1. The third-order valence-corrected chi connectivity index (χ3v) is 3.09. The van der Waals surface area contributed by atoms with Crippen molar-refractivity contribution in [1.29, 1.82) is 0 Å². The number of hydrogen-bond donors (Lipinski definition) is 0. The number of rotatable bonds is 1. The first-order valence-electron chi connectivity index (χ1n) is 5.84. The Morgan fingerprint density at radius 1 is 1.24 bits per heavy atom. The van der Waals surface area contributed by atoms with Gasteiger partial charge in [0.25, 0.3) is 0 Å². The summed E-state index contributed by atoms with van der Waals surface area (Å²) >= 11 is 3.46. The minimum Gasteiger partial charge on any atom is -0.378 e. The first kappa shape index (κ1) is 12.8. The smallest absolute Gasteiger partial charge is 0.137 e. The molecule has 0 aromatic carbocycles. The Labute approximate surface area is 111 Å². The number of aromatic nitrogens is 2. The van der Waals surface area contributed by atoms with Crippen molar-refractivity contribution in [1.82, 2.24) is 9.97 Å². The second-order valence-corrected chi connectivity index (χ2v) is 6.03. The molecule has 1 aliphatic rings. The molecular formula is C12H18BrN3O. The van der Waals surface area contributed by atoms with Crippen molar-refractivity contribution < 1.29 is 4.74 Å². The first-order valence-corrected chi connectivity index (χ1v) is 6.64. The van der Waals surface area contributed by atoms with Crippen LogP contribution < -0.4 is 4.90 Å². The van der Waals surface area contributed by atoms with Crippen LogP contribution in [0.4, 0.5) is 5.82 Å². The molecule has 5 heteroatoms. The molecule has 0 amide bonds. The van der Waals surface area contributed by atoms with E-state index < -0.39 is 0 Å². The van der Waals surface area contributed by atoms with Crippen molar-refractivity contribution in [2.24, 2.45) is 0 Å².